The molecule has 0 radical (unpaired) electrons. The maximum atomic E-state index is 12.5. The quantitative estimate of drug-likeness (QED) is 0.399. The van der Waals surface area contributed by atoms with Gasteiger partial charge in [-0.05, 0) is 38.8 Å². The highest BCUT2D eigenvalue weighted by Gasteiger charge is 2.23. The van der Waals surface area contributed by atoms with Gasteiger partial charge < -0.3 is 25.0 Å². The van der Waals surface area contributed by atoms with E-state index in [1.807, 2.05) is 6.07 Å². The molecule has 0 bridgehead atoms. The van der Waals surface area contributed by atoms with E-state index in [4.69, 9.17) is 9.47 Å². The number of amides is 2. The zero-order valence-corrected chi connectivity index (χ0v) is 17.1. The lowest BCUT2D eigenvalue weighted by Crippen LogP contribution is -2.44. The Hall–Kier alpha value is -3.54. The van der Waals surface area contributed by atoms with Gasteiger partial charge in [0.2, 0.25) is 0 Å². The second-order valence-electron chi connectivity index (χ2n) is 6.52. The molecule has 1 aromatic carbocycles. The van der Waals surface area contributed by atoms with E-state index in [-0.39, 0.29) is 35.6 Å². The Labute approximate surface area is 175 Å². The van der Waals surface area contributed by atoms with Crippen LogP contribution in [0.1, 0.15) is 37.0 Å². The van der Waals surface area contributed by atoms with Crippen molar-refractivity contribution in [3.63, 3.8) is 0 Å². The largest absolute Gasteiger partial charge is 0.462 e. The number of carbonyl (C=O) groups is 3. The van der Waals surface area contributed by atoms with Crippen molar-refractivity contribution < 1.29 is 23.9 Å². The monoisotopic (exact) mass is 414 g/mol. The second kappa shape index (κ2) is 11.5. The molecular formula is C21H26N4O5. The van der Waals surface area contributed by atoms with E-state index in [1.54, 1.807) is 43.0 Å². The van der Waals surface area contributed by atoms with Gasteiger partial charge in [-0.15, -0.1) is 0 Å². The Morgan fingerprint density at radius 2 is 1.83 bits per heavy atom. The van der Waals surface area contributed by atoms with Crippen molar-refractivity contribution in [2.75, 3.05) is 31.6 Å². The van der Waals surface area contributed by atoms with Crippen molar-refractivity contribution in [3.05, 3.63) is 41.6 Å². The Bertz CT molecular complexity index is 838. The third-order valence-electron chi connectivity index (χ3n) is 4.52. The predicted molar refractivity (Wildman–Crippen MR) is 109 cm³/mol. The van der Waals surface area contributed by atoms with Crippen molar-refractivity contribution in [2.24, 2.45) is 0 Å². The molecule has 0 aliphatic carbocycles. The molecular weight excluding hydrogens is 388 g/mol. The summed E-state index contributed by atoms with van der Waals surface area (Å²) in [5.74, 6) is -1.19. The van der Waals surface area contributed by atoms with Gasteiger partial charge in [0.15, 0.2) is 0 Å². The van der Waals surface area contributed by atoms with Crippen molar-refractivity contribution in [1.82, 2.24) is 10.2 Å². The number of anilines is 1. The molecule has 1 fully saturated rings. The van der Waals surface area contributed by atoms with Gasteiger partial charge in [-0.2, -0.15) is 5.26 Å². The van der Waals surface area contributed by atoms with Crippen LogP contribution in [-0.2, 0) is 14.3 Å². The summed E-state index contributed by atoms with van der Waals surface area (Å²) < 4.78 is 9.97. The summed E-state index contributed by atoms with van der Waals surface area (Å²) in [4.78, 5) is 37.9. The zero-order valence-electron chi connectivity index (χ0n) is 17.1. The van der Waals surface area contributed by atoms with Gasteiger partial charge in [-0.25, -0.2) is 9.59 Å². The van der Waals surface area contributed by atoms with Gasteiger partial charge in [0, 0.05) is 25.3 Å². The van der Waals surface area contributed by atoms with E-state index in [1.165, 1.54) is 6.20 Å². The van der Waals surface area contributed by atoms with Crippen LogP contribution < -0.4 is 10.6 Å². The maximum absolute atomic E-state index is 12.5. The van der Waals surface area contributed by atoms with E-state index in [9.17, 15) is 19.6 Å². The third kappa shape index (κ3) is 6.24. The normalized spacial score (nSPS) is 14.4. The summed E-state index contributed by atoms with van der Waals surface area (Å²) in [5.41, 5.74) is 0.357. The van der Waals surface area contributed by atoms with Gasteiger partial charge in [0.25, 0.3) is 5.91 Å². The number of nitrogens with zero attached hydrogens (tertiary/aromatic N) is 2. The smallest absolute Gasteiger partial charge is 0.409 e. The SMILES string of the molecule is CCOC(=O)c1ccccc1NC(=O)/C(C#N)=C\NC1CCN(C(=O)OCC)CC1. The molecule has 9 nitrogen and oxygen atoms in total. The van der Waals surface area contributed by atoms with E-state index in [2.05, 4.69) is 10.6 Å². The Morgan fingerprint density at radius 1 is 1.17 bits per heavy atom. The van der Waals surface area contributed by atoms with E-state index in [0.29, 0.717) is 32.5 Å². The first kappa shape index (κ1) is 22.7. The number of benzene rings is 1. The number of hydrogen-bond acceptors (Lipinski definition) is 7. The number of esters is 1. The first-order valence-electron chi connectivity index (χ1n) is 9.85. The van der Waals surface area contributed by atoms with Crippen LogP contribution >= 0.6 is 0 Å². The molecule has 0 atom stereocenters. The molecule has 0 spiro atoms. The number of para-hydroxylation sites is 1. The lowest BCUT2D eigenvalue weighted by molar-refractivity contribution is -0.112. The lowest BCUT2D eigenvalue weighted by atomic mass is 10.1. The minimum atomic E-state index is -0.634. The molecule has 0 saturated carbocycles. The number of rotatable bonds is 7. The summed E-state index contributed by atoms with van der Waals surface area (Å²) in [6.45, 7) is 5.06. The van der Waals surface area contributed by atoms with Gasteiger partial charge in [0.1, 0.15) is 11.6 Å². The van der Waals surface area contributed by atoms with Crippen LogP contribution in [0.3, 0.4) is 0 Å². The first-order chi connectivity index (χ1) is 14.5. The molecule has 2 rings (SSSR count). The van der Waals surface area contributed by atoms with Crippen LogP contribution in [0.4, 0.5) is 10.5 Å². The highest BCUT2D eigenvalue weighted by atomic mass is 16.6. The fraction of sp³-hybridized carbons (Fsp3) is 0.429. The minimum Gasteiger partial charge on any atom is -0.462 e. The summed E-state index contributed by atoms with van der Waals surface area (Å²) >= 11 is 0. The van der Waals surface area contributed by atoms with Crippen LogP contribution in [0, 0.1) is 11.3 Å². The van der Waals surface area contributed by atoms with Gasteiger partial charge in [0.05, 0.1) is 24.5 Å². The molecule has 1 aliphatic heterocycles. The highest BCUT2D eigenvalue weighted by Crippen LogP contribution is 2.17. The number of likely N-dealkylation sites (tertiary alicyclic amines) is 1. The molecule has 1 aromatic rings. The first-order valence-corrected chi connectivity index (χ1v) is 9.85. The standard InChI is InChI=1S/C21H26N4O5/c1-3-29-20(27)17-7-5-6-8-18(17)24-19(26)15(13-22)14-23-16-9-11-25(12-10-16)21(28)30-4-2/h5-8,14,16,23H,3-4,9-12H2,1-2H3,(H,24,26)/b15-14-. The number of nitriles is 1. The molecule has 160 valence electrons. The Morgan fingerprint density at radius 3 is 2.47 bits per heavy atom. The van der Waals surface area contributed by atoms with Crippen molar-refractivity contribution >= 4 is 23.7 Å². The maximum Gasteiger partial charge on any atom is 0.409 e. The Kier molecular flexibility index (Phi) is 8.69. The van der Waals surface area contributed by atoms with E-state index >= 15 is 0 Å². The van der Waals surface area contributed by atoms with Crippen LogP contribution in [0.5, 0.6) is 0 Å². The average molecular weight is 414 g/mol. The molecule has 2 N–H and O–H groups in total. The number of hydrogen-bond donors (Lipinski definition) is 2. The summed E-state index contributed by atoms with van der Waals surface area (Å²) in [6, 6.07) is 8.33. The molecule has 9 heteroatoms. The number of ether oxygens (including phenoxy) is 2. The van der Waals surface area contributed by atoms with E-state index in [0.717, 1.165) is 0 Å². The van der Waals surface area contributed by atoms with Crippen LogP contribution in [0.2, 0.25) is 0 Å². The Balaban J connectivity index is 1.96. The topological polar surface area (TPSA) is 121 Å². The predicted octanol–water partition coefficient (Wildman–Crippen LogP) is 2.42. The van der Waals surface area contributed by atoms with Crippen LogP contribution in [0.25, 0.3) is 0 Å². The molecule has 0 aromatic heterocycles. The second-order valence-corrected chi connectivity index (χ2v) is 6.52. The molecule has 0 unspecified atom stereocenters. The molecule has 30 heavy (non-hydrogen) atoms. The average Bonchev–Trinajstić information content (AvgIpc) is 2.75. The van der Waals surface area contributed by atoms with Crippen molar-refractivity contribution in [1.29, 1.82) is 5.26 Å². The zero-order chi connectivity index (χ0) is 21.9. The molecule has 1 heterocycles. The number of carbonyl (C=O) groups excluding carboxylic acids is 3. The summed E-state index contributed by atoms with van der Waals surface area (Å²) in [5, 5.41) is 15.0. The van der Waals surface area contributed by atoms with Gasteiger partial charge >= 0.3 is 12.1 Å². The summed E-state index contributed by atoms with van der Waals surface area (Å²) in [7, 11) is 0. The van der Waals surface area contributed by atoms with Crippen LogP contribution in [-0.4, -0.2) is 55.2 Å². The molecule has 1 aliphatic rings. The fourth-order valence-electron chi connectivity index (χ4n) is 2.96. The minimum absolute atomic E-state index is 0.0265. The number of nitrogens with one attached hydrogen (secondary N) is 2. The van der Waals surface area contributed by atoms with E-state index < -0.39 is 11.9 Å². The van der Waals surface area contributed by atoms with Gasteiger partial charge in [-0.1, -0.05) is 12.1 Å². The fourth-order valence-corrected chi connectivity index (χ4v) is 2.96. The highest BCUT2D eigenvalue weighted by molar-refractivity contribution is 6.09. The molecule has 1 saturated heterocycles. The van der Waals surface area contributed by atoms with Gasteiger partial charge in [-0.3, -0.25) is 4.79 Å². The lowest BCUT2D eigenvalue weighted by Gasteiger charge is -2.31. The van der Waals surface area contributed by atoms with Crippen molar-refractivity contribution in [2.45, 2.75) is 32.7 Å². The number of piperidine rings is 1. The summed E-state index contributed by atoms with van der Waals surface area (Å²) in [6.07, 6.45) is 2.37. The van der Waals surface area contributed by atoms with Crippen LogP contribution in [0.15, 0.2) is 36.0 Å². The van der Waals surface area contributed by atoms with Crippen molar-refractivity contribution in [3.8, 4) is 6.07 Å². The third-order valence-corrected chi connectivity index (χ3v) is 4.52. The molecule has 2 amide bonds.